The Balaban J connectivity index is 2.46. The number of hydrogen-bond donors (Lipinski definition) is 1. The van der Waals surface area contributed by atoms with Crippen LogP contribution in [0.15, 0.2) is 12.2 Å². The summed E-state index contributed by atoms with van der Waals surface area (Å²) < 4.78 is 0. The van der Waals surface area contributed by atoms with Gasteiger partial charge in [-0.2, -0.15) is 0 Å². The van der Waals surface area contributed by atoms with Gasteiger partial charge in [-0.15, -0.1) is 0 Å². The second-order valence-electron chi connectivity index (χ2n) is 3.52. The highest BCUT2D eigenvalue weighted by molar-refractivity contribution is 5.87. The topological polar surface area (TPSA) is 40.3 Å². The first-order valence-electron chi connectivity index (χ1n) is 4.83. The summed E-state index contributed by atoms with van der Waals surface area (Å²) in [5.41, 5.74) is 0.353. The molecular weight excluding hydrogens is 166 g/mol. The van der Waals surface area contributed by atoms with Crippen LogP contribution in [-0.2, 0) is 4.79 Å². The first-order chi connectivity index (χ1) is 6.16. The van der Waals surface area contributed by atoms with Gasteiger partial charge >= 0.3 is 5.97 Å². The first kappa shape index (κ1) is 10.3. The summed E-state index contributed by atoms with van der Waals surface area (Å²) in [4.78, 5) is 12.9. The number of carboxylic acids is 1. The highest BCUT2D eigenvalue weighted by Gasteiger charge is 2.31. The average Bonchev–Trinajstić information content (AvgIpc) is 2.88. The zero-order valence-electron chi connectivity index (χ0n) is 8.12. The van der Waals surface area contributed by atoms with E-state index in [9.17, 15) is 4.79 Å². The van der Waals surface area contributed by atoms with E-state index in [4.69, 9.17) is 5.11 Å². The lowest BCUT2D eigenvalue weighted by molar-refractivity contribution is -0.133. The zero-order chi connectivity index (χ0) is 9.84. The maximum absolute atomic E-state index is 10.7. The van der Waals surface area contributed by atoms with Gasteiger partial charge in [0, 0.05) is 24.7 Å². The van der Waals surface area contributed by atoms with E-state index in [1.165, 1.54) is 0 Å². The van der Waals surface area contributed by atoms with Crippen LogP contribution in [0.1, 0.15) is 26.2 Å². The molecule has 0 aliphatic carbocycles. The molecule has 3 heteroatoms. The number of unbranched alkanes of at least 4 members (excludes halogenated alkanes) is 1. The van der Waals surface area contributed by atoms with Gasteiger partial charge in [0.1, 0.15) is 0 Å². The number of nitrogens with zero attached hydrogens (tertiary/aromatic N) is 1. The minimum absolute atomic E-state index is 0.0810. The van der Waals surface area contributed by atoms with Crippen molar-refractivity contribution in [3.63, 3.8) is 0 Å². The molecule has 1 unspecified atom stereocenters. The fourth-order valence-electron chi connectivity index (χ4n) is 1.49. The second-order valence-corrected chi connectivity index (χ2v) is 3.52. The third-order valence-electron chi connectivity index (χ3n) is 2.43. The minimum atomic E-state index is -0.854. The van der Waals surface area contributed by atoms with Crippen molar-refractivity contribution in [3.8, 4) is 0 Å². The SMILES string of the molecule is C=C(C(=O)O)C(CCCC)N1CC1. The molecule has 74 valence electrons. The Labute approximate surface area is 79.0 Å². The Kier molecular flexibility index (Phi) is 3.48. The molecule has 0 saturated carbocycles. The lowest BCUT2D eigenvalue weighted by atomic mass is 10.0. The van der Waals surface area contributed by atoms with E-state index in [1.807, 2.05) is 0 Å². The van der Waals surface area contributed by atoms with Crippen molar-refractivity contribution in [2.45, 2.75) is 32.2 Å². The summed E-state index contributed by atoms with van der Waals surface area (Å²) in [5.74, 6) is -0.854. The molecule has 0 bridgehead atoms. The minimum Gasteiger partial charge on any atom is -0.478 e. The van der Waals surface area contributed by atoms with E-state index in [0.29, 0.717) is 5.57 Å². The van der Waals surface area contributed by atoms with Gasteiger partial charge in [-0.05, 0) is 6.42 Å². The highest BCUT2D eigenvalue weighted by Crippen LogP contribution is 2.22. The van der Waals surface area contributed by atoms with Gasteiger partial charge in [-0.25, -0.2) is 4.79 Å². The average molecular weight is 183 g/mol. The molecule has 1 aliphatic rings. The molecule has 0 amide bonds. The van der Waals surface area contributed by atoms with Crippen LogP contribution in [0.4, 0.5) is 0 Å². The Morgan fingerprint density at radius 1 is 1.62 bits per heavy atom. The molecule has 1 N–H and O–H groups in total. The van der Waals surface area contributed by atoms with Crippen molar-refractivity contribution >= 4 is 5.97 Å². The number of carboxylic acid groups (broad SMARTS) is 1. The third kappa shape index (κ3) is 2.84. The van der Waals surface area contributed by atoms with Crippen LogP contribution < -0.4 is 0 Å². The van der Waals surface area contributed by atoms with Crippen LogP contribution >= 0.6 is 0 Å². The summed E-state index contributed by atoms with van der Waals surface area (Å²) in [6.45, 7) is 7.80. The van der Waals surface area contributed by atoms with Crippen LogP contribution in [0, 0.1) is 0 Å². The van der Waals surface area contributed by atoms with Crippen LogP contribution in [0.25, 0.3) is 0 Å². The molecular formula is C10H17NO2. The number of hydrogen-bond acceptors (Lipinski definition) is 2. The maximum Gasteiger partial charge on any atom is 0.332 e. The normalized spacial score (nSPS) is 18.2. The van der Waals surface area contributed by atoms with Crippen molar-refractivity contribution < 1.29 is 9.90 Å². The predicted octanol–water partition coefficient (Wildman–Crippen LogP) is 1.50. The van der Waals surface area contributed by atoms with Crippen molar-refractivity contribution in [3.05, 3.63) is 12.2 Å². The highest BCUT2D eigenvalue weighted by atomic mass is 16.4. The van der Waals surface area contributed by atoms with Crippen molar-refractivity contribution in [2.75, 3.05) is 13.1 Å². The Hall–Kier alpha value is -0.830. The fraction of sp³-hybridized carbons (Fsp3) is 0.700. The van der Waals surface area contributed by atoms with E-state index in [-0.39, 0.29) is 6.04 Å². The second kappa shape index (κ2) is 4.42. The lowest BCUT2D eigenvalue weighted by Crippen LogP contribution is -2.25. The van der Waals surface area contributed by atoms with Gasteiger partial charge in [0.25, 0.3) is 0 Å². The summed E-state index contributed by atoms with van der Waals surface area (Å²) in [5, 5.41) is 8.80. The van der Waals surface area contributed by atoms with Crippen LogP contribution in [0.2, 0.25) is 0 Å². The molecule has 13 heavy (non-hydrogen) atoms. The molecule has 1 heterocycles. The molecule has 3 nitrogen and oxygen atoms in total. The van der Waals surface area contributed by atoms with E-state index in [2.05, 4.69) is 18.4 Å². The Morgan fingerprint density at radius 2 is 2.23 bits per heavy atom. The molecule has 1 rings (SSSR count). The van der Waals surface area contributed by atoms with Gasteiger partial charge < -0.3 is 5.11 Å². The van der Waals surface area contributed by atoms with Gasteiger partial charge in [0.2, 0.25) is 0 Å². The maximum atomic E-state index is 10.7. The Morgan fingerprint density at radius 3 is 2.62 bits per heavy atom. The smallest absolute Gasteiger partial charge is 0.332 e. The largest absolute Gasteiger partial charge is 0.478 e. The van der Waals surface area contributed by atoms with Crippen molar-refractivity contribution in [1.82, 2.24) is 4.90 Å². The molecule has 0 aromatic carbocycles. The van der Waals surface area contributed by atoms with Crippen molar-refractivity contribution in [2.24, 2.45) is 0 Å². The summed E-state index contributed by atoms with van der Waals surface area (Å²) >= 11 is 0. The molecule has 0 aromatic heterocycles. The first-order valence-corrected chi connectivity index (χ1v) is 4.83. The Bertz CT molecular complexity index is 209. The van der Waals surface area contributed by atoms with E-state index in [0.717, 1.165) is 32.4 Å². The molecule has 0 aromatic rings. The molecule has 1 aliphatic heterocycles. The fourth-order valence-corrected chi connectivity index (χ4v) is 1.49. The quantitative estimate of drug-likeness (QED) is 0.501. The van der Waals surface area contributed by atoms with Crippen molar-refractivity contribution in [1.29, 1.82) is 0 Å². The molecule has 1 atom stereocenters. The summed E-state index contributed by atoms with van der Waals surface area (Å²) in [6.07, 6.45) is 3.12. The van der Waals surface area contributed by atoms with Gasteiger partial charge in [-0.1, -0.05) is 26.3 Å². The monoisotopic (exact) mass is 183 g/mol. The summed E-state index contributed by atoms with van der Waals surface area (Å²) in [7, 11) is 0. The number of aliphatic carboxylic acids is 1. The van der Waals surface area contributed by atoms with E-state index < -0.39 is 5.97 Å². The molecule has 0 spiro atoms. The lowest BCUT2D eigenvalue weighted by Gasteiger charge is -2.17. The molecule has 1 fully saturated rings. The third-order valence-corrected chi connectivity index (χ3v) is 2.43. The number of rotatable bonds is 6. The van der Waals surface area contributed by atoms with Gasteiger partial charge in [0.15, 0.2) is 0 Å². The van der Waals surface area contributed by atoms with Gasteiger partial charge in [-0.3, -0.25) is 4.90 Å². The van der Waals surface area contributed by atoms with Crippen LogP contribution in [-0.4, -0.2) is 35.1 Å². The number of carbonyl (C=O) groups is 1. The van der Waals surface area contributed by atoms with Gasteiger partial charge in [0.05, 0.1) is 0 Å². The standard InChI is InChI=1S/C10H17NO2/c1-3-4-5-9(11-6-7-11)8(2)10(12)13/h9H,2-7H2,1H3,(H,12,13). The molecule has 0 radical (unpaired) electrons. The predicted molar refractivity (Wildman–Crippen MR) is 51.7 cm³/mol. The van der Waals surface area contributed by atoms with E-state index >= 15 is 0 Å². The zero-order valence-corrected chi connectivity index (χ0v) is 8.12. The molecule has 1 saturated heterocycles. The summed E-state index contributed by atoms with van der Waals surface area (Å²) in [6, 6.07) is 0.0810. The van der Waals surface area contributed by atoms with E-state index in [1.54, 1.807) is 0 Å². The van der Waals surface area contributed by atoms with Crippen LogP contribution in [0.5, 0.6) is 0 Å². The van der Waals surface area contributed by atoms with Crippen LogP contribution in [0.3, 0.4) is 0 Å².